The molecule has 7 nitrogen and oxygen atoms in total. The zero-order valence-corrected chi connectivity index (χ0v) is 16.1. The summed E-state index contributed by atoms with van der Waals surface area (Å²) < 4.78 is 6.67. The number of aromatic nitrogens is 2. The van der Waals surface area contributed by atoms with Crippen LogP contribution < -0.4 is 20.5 Å². The number of amides is 1. The lowest BCUT2D eigenvalue weighted by Gasteiger charge is -2.30. The summed E-state index contributed by atoms with van der Waals surface area (Å²) in [5.74, 6) is 0.976. The number of nitrogens with one attached hydrogen (secondary N) is 1. The van der Waals surface area contributed by atoms with Crippen LogP contribution in [-0.4, -0.2) is 35.7 Å². The van der Waals surface area contributed by atoms with E-state index in [0.29, 0.717) is 28.6 Å². The number of carbonyl (C=O) groups is 1. The van der Waals surface area contributed by atoms with Gasteiger partial charge in [0.05, 0.1) is 7.11 Å². The highest BCUT2D eigenvalue weighted by Crippen LogP contribution is 2.19. The summed E-state index contributed by atoms with van der Waals surface area (Å²) in [6, 6.07) is 7.14. The average Bonchev–Trinajstić information content (AvgIpc) is 2.69. The topological polar surface area (TPSA) is 76.5 Å². The van der Waals surface area contributed by atoms with Gasteiger partial charge in [-0.1, -0.05) is 6.07 Å². The van der Waals surface area contributed by atoms with Crippen LogP contribution in [0.4, 0.5) is 11.6 Å². The fourth-order valence-electron chi connectivity index (χ4n) is 3.27. The molecule has 27 heavy (non-hydrogen) atoms. The minimum Gasteiger partial charge on any atom is -0.497 e. The van der Waals surface area contributed by atoms with Crippen molar-refractivity contribution in [2.45, 2.75) is 39.7 Å². The number of ether oxygens (including phenoxy) is 1. The summed E-state index contributed by atoms with van der Waals surface area (Å²) in [5, 5.41) is 2.83. The van der Waals surface area contributed by atoms with Gasteiger partial charge in [-0.15, -0.1) is 0 Å². The minimum absolute atomic E-state index is 0.0734. The molecule has 0 radical (unpaired) electrons. The van der Waals surface area contributed by atoms with Gasteiger partial charge in [0, 0.05) is 36.1 Å². The van der Waals surface area contributed by atoms with Gasteiger partial charge in [-0.3, -0.25) is 14.2 Å². The summed E-state index contributed by atoms with van der Waals surface area (Å²) >= 11 is 0. The van der Waals surface area contributed by atoms with Gasteiger partial charge in [-0.05, 0) is 45.2 Å². The van der Waals surface area contributed by atoms with Crippen LogP contribution in [0.3, 0.4) is 0 Å². The number of piperidine rings is 1. The van der Waals surface area contributed by atoms with E-state index in [0.717, 1.165) is 25.9 Å². The number of benzene rings is 1. The zero-order chi connectivity index (χ0) is 19.4. The van der Waals surface area contributed by atoms with Crippen molar-refractivity contribution in [1.82, 2.24) is 9.55 Å². The third kappa shape index (κ3) is 4.30. The first-order chi connectivity index (χ1) is 13.0. The van der Waals surface area contributed by atoms with Crippen molar-refractivity contribution in [1.29, 1.82) is 0 Å². The second-order valence-corrected chi connectivity index (χ2v) is 6.84. The van der Waals surface area contributed by atoms with E-state index < -0.39 is 0 Å². The van der Waals surface area contributed by atoms with Crippen LogP contribution >= 0.6 is 0 Å². The van der Waals surface area contributed by atoms with E-state index in [4.69, 9.17) is 4.74 Å². The molecule has 1 aromatic carbocycles. The molecular weight excluding hydrogens is 344 g/mol. The van der Waals surface area contributed by atoms with Gasteiger partial charge in [0.15, 0.2) is 0 Å². The van der Waals surface area contributed by atoms with Crippen molar-refractivity contribution in [3.05, 3.63) is 45.9 Å². The Labute approximate surface area is 159 Å². The minimum atomic E-state index is -0.270. The van der Waals surface area contributed by atoms with E-state index in [1.165, 1.54) is 11.0 Å². The van der Waals surface area contributed by atoms with Crippen molar-refractivity contribution >= 4 is 17.5 Å². The Morgan fingerprint density at radius 1 is 1.22 bits per heavy atom. The summed E-state index contributed by atoms with van der Waals surface area (Å²) in [4.78, 5) is 32.2. The lowest BCUT2D eigenvalue weighted by atomic mass is 10.1. The largest absolute Gasteiger partial charge is 0.497 e. The zero-order valence-electron chi connectivity index (χ0n) is 16.1. The molecule has 2 heterocycles. The van der Waals surface area contributed by atoms with Gasteiger partial charge in [0.2, 0.25) is 11.9 Å². The Balaban J connectivity index is 1.87. The van der Waals surface area contributed by atoms with Gasteiger partial charge in [-0.25, -0.2) is 4.98 Å². The molecule has 3 rings (SSSR count). The lowest BCUT2D eigenvalue weighted by Crippen LogP contribution is -2.39. The number of rotatable bonds is 5. The molecule has 0 atom stereocenters. The number of aryl methyl sites for hydroxylation is 1. The molecule has 0 saturated carbocycles. The maximum Gasteiger partial charge on any atom is 0.258 e. The molecule has 0 unspecified atom stereocenters. The van der Waals surface area contributed by atoms with E-state index in [2.05, 4.69) is 15.2 Å². The summed E-state index contributed by atoms with van der Waals surface area (Å²) in [6.07, 6.45) is 3.32. The van der Waals surface area contributed by atoms with E-state index in [-0.39, 0.29) is 18.0 Å². The Morgan fingerprint density at radius 2 is 1.96 bits per heavy atom. The maximum absolute atomic E-state index is 12.8. The number of nitrogens with zero attached hydrogens (tertiary/aromatic N) is 3. The molecule has 144 valence electrons. The second-order valence-electron chi connectivity index (χ2n) is 6.84. The van der Waals surface area contributed by atoms with E-state index in [1.807, 2.05) is 13.0 Å². The van der Waals surface area contributed by atoms with Crippen LogP contribution in [0.25, 0.3) is 0 Å². The molecular formula is C20H26N4O3. The Morgan fingerprint density at radius 3 is 2.67 bits per heavy atom. The van der Waals surface area contributed by atoms with Crippen molar-refractivity contribution < 1.29 is 9.53 Å². The number of carbonyl (C=O) groups excluding carboxylic acids is 1. The van der Waals surface area contributed by atoms with Crippen molar-refractivity contribution in [3.63, 3.8) is 0 Å². The summed E-state index contributed by atoms with van der Waals surface area (Å²) in [6.45, 7) is 5.22. The fourth-order valence-corrected chi connectivity index (χ4v) is 3.27. The third-order valence-corrected chi connectivity index (χ3v) is 4.91. The number of anilines is 2. The molecule has 1 N–H and O–H groups in total. The fraction of sp³-hybridized carbons (Fsp3) is 0.450. The van der Waals surface area contributed by atoms with Crippen LogP contribution in [0.5, 0.6) is 5.75 Å². The molecule has 1 aromatic heterocycles. The molecule has 1 aliphatic rings. The third-order valence-electron chi connectivity index (χ3n) is 4.91. The van der Waals surface area contributed by atoms with Crippen LogP contribution in [0.15, 0.2) is 29.1 Å². The van der Waals surface area contributed by atoms with Gasteiger partial charge < -0.3 is 15.0 Å². The van der Waals surface area contributed by atoms with Gasteiger partial charge in [0.25, 0.3) is 5.56 Å². The highest BCUT2D eigenvalue weighted by Gasteiger charge is 2.20. The number of hydrogen-bond donors (Lipinski definition) is 1. The van der Waals surface area contributed by atoms with Crippen molar-refractivity contribution in [2.75, 3.05) is 30.4 Å². The molecule has 0 spiro atoms. The first kappa shape index (κ1) is 18.9. The Bertz CT molecular complexity index is 885. The number of hydrogen-bond acceptors (Lipinski definition) is 5. The van der Waals surface area contributed by atoms with Gasteiger partial charge >= 0.3 is 0 Å². The monoisotopic (exact) mass is 370 g/mol. The second kappa shape index (κ2) is 8.24. The predicted molar refractivity (Wildman–Crippen MR) is 106 cm³/mol. The normalized spacial score (nSPS) is 14.1. The van der Waals surface area contributed by atoms with E-state index in [1.54, 1.807) is 32.2 Å². The maximum atomic E-state index is 12.8. The molecule has 2 aromatic rings. The molecule has 1 saturated heterocycles. The van der Waals surface area contributed by atoms with Crippen molar-refractivity contribution in [2.24, 2.45) is 0 Å². The standard InChI is InChI=1S/C20H26N4O3/c1-14-15(2)21-20(23-10-5-4-6-11-23)24(19(14)26)13-18(25)22-16-8-7-9-17(12-16)27-3/h7-9,12H,4-6,10-11,13H2,1-3H3,(H,22,25). The van der Waals surface area contributed by atoms with Gasteiger partial charge in [0.1, 0.15) is 12.3 Å². The highest BCUT2D eigenvalue weighted by atomic mass is 16.5. The summed E-state index contributed by atoms with van der Waals surface area (Å²) in [7, 11) is 1.58. The molecule has 0 bridgehead atoms. The first-order valence-corrected chi connectivity index (χ1v) is 9.26. The van der Waals surface area contributed by atoms with Crippen LogP contribution in [0, 0.1) is 13.8 Å². The van der Waals surface area contributed by atoms with Crippen LogP contribution in [0.1, 0.15) is 30.5 Å². The summed E-state index contributed by atoms with van der Waals surface area (Å²) in [5.41, 5.74) is 1.75. The Hall–Kier alpha value is -2.83. The molecule has 1 fully saturated rings. The van der Waals surface area contributed by atoms with Gasteiger partial charge in [-0.2, -0.15) is 0 Å². The van der Waals surface area contributed by atoms with Crippen molar-refractivity contribution in [3.8, 4) is 5.75 Å². The molecule has 0 aliphatic carbocycles. The highest BCUT2D eigenvalue weighted by molar-refractivity contribution is 5.91. The Kier molecular flexibility index (Phi) is 5.78. The average molecular weight is 370 g/mol. The van der Waals surface area contributed by atoms with Crippen LogP contribution in [-0.2, 0) is 11.3 Å². The van der Waals surface area contributed by atoms with E-state index in [9.17, 15) is 9.59 Å². The lowest BCUT2D eigenvalue weighted by molar-refractivity contribution is -0.116. The molecule has 7 heteroatoms. The number of methoxy groups -OCH3 is 1. The van der Waals surface area contributed by atoms with Crippen LogP contribution in [0.2, 0.25) is 0 Å². The molecule has 1 amide bonds. The smallest absolute Gasteiger partial charge is 0.258 e. The molecule has 1 aliphatic heterocycles. The first-order valence-electron chi connectivity index (χ1n) is 9.26. The SMILES string of the molecule is COc1cccc(NC(=O)Cn2c(N3CCCCC3)nc(C)c(C)c2=O)c1. The van der Waals surface area contributed by atoms with E-state index >= 15 is 0 Å². The predicted octanol–water partition coefficient (Wildman–Crippen LogP) is 2.50. The quantitative estimate of drug-likeness (QED) is 0.875.